The van der Waals surface area contributed by atoms with Gasteiger partial charge in [-0.1, -0.05) is 13.3 Å². The third kappa shape index (κ3) is 2.16. The highest BCUT2D eigenvalue weighted by atomic mass is 32.1. The molecule has 5 heteroatoms. The molecule has 0 fully saturated rings. The van der Waals surface area contributed by atoms with Gasteiger partial charge in [0.1, 0.15) is 18.0 Å². The molecule has 1 aliphatic rings. The van der Waals surface area contributed by atoms with E-state index in [1.807, 2.05) is 11.3 Å². The third-order valence-corrected chi connectivity index (χ3v) is 5.00. The first kappa shape index (κ1) is 13.4. The van der Waals surface area contributed by atoms with E-state index in [9.17, 15) is 0 Å². The lowest BCUT2D eigenvalue weighted by atomic mass is 10.0. The number of aromatic nitrogens is 2. The van der Waals surface area contributed by atoms with Crippen LogP contribution in [0.25, 0.3) is 0 Å². The smallest absolute Gasteiger partial charge is 0.137 e. The minimum atomic E-state index is 0.356. The molecule has 20 heavy (non-hydrogen) atoms. The SMILES string of the molecule is CCCc1c(N)ncnc1N1CCc2sccc2C1C. The maximum Gasteiger partial charge on any atom is 0.137 e. The molecule has 1 aliphatic heterocycles. The second kappa shape index (κ2) is 5.40. The van der Waals surface area contributed by atoms with Crippen LogP contribution in [0.1, 0.15) is 42.3 Å². The van der Waals surface area contributed by atoms with Gasteiger partial charge in [0.25, 0.3) is 0 Å². The summed E-state index contributed by atoms with van der Waals surface area (Å²) in [7, 11) is 0. The molecule has 1 unspecified atom stereocenters. The molecule has 2 aromatic heterocycles. The molecule has 0 radical (unpaired) electrons. The van der Waals surface area contributed by atoms with Gasteiger partial charge >= 0.3 is 0 Å². The molecule has 2 aromatic rings. The molecule has 0 saturated heterocycles. The Balaban J connectivity index is 2.00. The maximum absolute atomic E-state index is 6.06. The van der Waals surface area contributed by atoms with Crippen molar-refractivity contribution in [1.82, 2.24) is 9.97 Å². The first-order chi connectivity index (χ1) is 9.72. The number of fused-ring (bicyclic) bond motifs is 1. The van der Waals surface area contributed by atoms with Crippen molar-refractivity contribution in [2.75, 3.05) is 17.2 Å². The van der Waals surface area contributed by atoms with Crippen LogP contribution in [0.5, 0.6) is 0 Å². The van der Waals surface area contributed by atoms with E-state index in [0.717, 1.165) is 37.2 Å². The summed E-state index contributed by atoms with van der Waals surface area (Å²) >= 11 is 1.86. The van der Waals surface area contributed by atoms with Crippen LogP contribution in [0, 0.1) is 0 Å². The Kier molecular flexibility index (Phi) is 3.61. The van der Waals surface area contributed by atoms with Crippen molar-refractivity contribution in [3.63, 3.8) is 0 Å². The van der Waals surface area contributed by atoms with E-state index in [0.29, 0.717) is 11.9 Å². The van der Waals surface area contributed by atoms with Crippen molar-refractivity contribution < 1.29 is 0 Å². The minimum absolute atomic E-state index is 0.356. The molecule has 4 nitrogen and oxygen atoms in total. The molecule has 0 aromatic carbocycles. The zero-order valence-electron chi connectivity index (χ0n) is 12.0. The average Bonchev–Trinajstić information content (AvgIpc) is 2.91. The normalized spacial score (nSPS) is 18.1. The monoisotopic (exact) mass is 288 g/mol. The predicted molar refractivity (Wildman–Crippen MR) is 84.2 cm³/mol. The minimum Gasteiger partial charge on any atom is -0.383 e. The molecule has 3 rings (SSSR count). The van der Waals surface area contributed by atoms with E-state index in [-0.39, 0.29) is 0 Å². The Hall–Kier alpha value is -1.62. The number of thiophene rings is 1. The lowest BCUT2D eigenvalue weighted by Crippen LogP contribution is -2.34. The summed E-state index contributed by atoms with van der Waals surface area (Å²) in [5, 5.41) is 2.19. The van der Waals surface area contributed by atoms with Crippen molar-refractivity contribution in [2.45, 2.75) is 39.2 Å². The van der Waals surface area contributed by atoms with Gasteiger partial charge < -0.3 is 10.6 Å². The van der Waals surface area contributed by atoms with Crippen LogP contribution in [-0.2, 0) is 12.8 Å². The molecule has 0 aliphatic carbocycles. The molecule has 1 atom stereocenters. The number of hydrogen-bond donors (Lipinski definition) is 1. The summed E-state index contributed by atoms with van der Waals surface area (Å²) in [6.45, 7) is 5.41. The van der Waals surface area contributed by atoms with E-state index in [1.165, 1.54) is 10.4 Å². The van der Waals surface area contributed by atoms with Gasteiger partial charge in [-0.15, -0.1) is 11.3 Å². The van der Waals surface area contributed by atoms with Gasteiger partial charge in [-0.25, -0.2) is 9.97 Å². The molecule has 0 saturated carbocycles. The highest BCUT2D eigenvalue weighted by molar-refractivity contribution is 7.10. The number of rotatable bonds is 3. The fraction of sp³-hybridized carbons (Fsp3) is 0.467. The molecular formula is C15H20N4S. The fourth-order valence-corrected chi connectivity index (χ4v) is 3.92. The molecule has 0 amide bonds. The number of hydrogen-bond acceptors (Lipinski definition) is 5. The number of nitrogen functional groups attached to an aromatic ring is 1. The summed E-state index contributed by atoms with van der Waals surface area (Å²) in [6, 6.07) is 2.59. The summed E-state index contributed by atoms with van der Waals surface area (Å²) < 4.78 is 0. The van der Waals surface area contributed by atoms with E-state index >= 15 is 0 Å². The van der Waals surface area contributed by atoms with Crippen molar-refractivity contribution in [3.8, 4) is 0 Å². The van der Waals surface area contributed by atoms with Crippen molar-refractivity contribution in [2.24, 2.45) is 0 Å². The van der Waals surface area contributed by atoms with E-state index in [2.05, 4.69) is 40.2 Å². The van der Waals surface area contributed by atoms with Crippen LogP contribution < -0.4 is 10.6 Å². The average molecular weight is 288 g/mol. The summed E-state index contributed by atoms with van der Waals surface area (Å²) in [6.07, 6.45) is 4.66. The summed E-state index contributed by atoms with van der Waals surface area (Å²) in [5.74, 6) is 1.64. The van der Waals surface area contributed by atoms with Crippen LogP contribution in [-0.4, -0.2) is 16.5 Å². The van der Waals surface area contributed by atoms with E-state index < -0.39 is 0 Å². The molecule has 106 valence electrons. The van der Waals surface area contributed by atoms with Gasteiger partial charge in [0.2, 0.25) is 0 Å². The Morgan fingerprint density at radius 3 is 3.10 bits per heavy atom. The predicted octanol–water partition coefficient (Wildman–Crippen LogP) is 3.20. The van der Waals surface area contributed by atoms with Crippen LogP contribution in [0.4, 0.5) is 11.6 Å². The molecule has 2 N–H and O–H groups in total. The molecule has 0 bridgehead atoms. The molecular weight excluding hydrogens is 268 g/mol. The number of anilines is 2. The van der Waals surface area contributed by atoms with E-state index in [4.69, 9.17) is 5.73 Å². The van der Waals surface area contributed by atoms with Gasteiger partial charge in [-0.2, -0.15) is 0 Å². The zero-order chi connectivity index (χ0) is 14.1. The maximum atomic E-state index is 6.06. The standard InChI is InChI=1S/C15H20N4S/c1-3-4-12-14(16)17-9-18-15(12)19-7-5-13-11(10(19)2)6-8-20-13/h6,8-10H,3-5,7H2,1-2H3,(H2,16,17,18). The largest absolute Gasteiger partial charge is 0.383 e. The Labute approximate surface area is 123 Å². The Morgan fingerprint density at radius 1 is 1.45 bits per heavy atom. The molecule has 0 spiro atoms. The highest BCUT2D eigenvalue weighted by Gasteiger charge is 2.27. The lowest BCUT2D eigenvalue weighted by molar-refractivity contribution is 0.620. The van der Waals surface area contributed by atoms with Crippen LogP contribution >= 0.6 is 11.3 Å². The fourth-order valence-electron chi connectivity index (χ4n) is 2.95. The van der Waals surface area contributed by atoms with Crippen LogP contribution in [0.15, 0.2) is 17.8 Å². The Bertz CT molecular complexity index is 608. The van der Waals surface area contributed by atoms with Gasteiger partial charge in [0, 0.05) is 17.0 Å². The topological polar surface area (TPSA) is 55.0 Å². The quantitative estimate of drug-likeness (QED) is 0.942. The van der Waals surface area contributed by atoms with Gasteiger partial charge in [0.05, 0.1) is 6.04 Å². The van der Waals surface area contributed by atoms with E-state index in [1.54, 1.807) is 6.33 Å². The van der Waals surface area contributed by atoms with Crippen molar-refractivity contribution >= 4 is 23.0 Å². The second-order valence-corrected chi connectivity index (χ2v) is 6.23. The van der Waals surface area contributed by atoms with Gasteiger partial charge in [-0.3, -0.25) is 0 Å². The highest BCUT2D eigenvalue weighted by Crippen LogP contribution is 2.37. The summed E-state index contributed by atoms with van der Waals surface area (Å²) in [4.78, 5) is 12.6. The molecule has 3 heterocycles. The third-order valence-electron chi connectivity index (χ3n) is 4.01. The van der Waals surface area contributed by atoms with Crippen LogP contribution in [0.2, 0.25) is 0 Å². The zero-order valence-corrected chi connectivity index (χ0v) is 12.8. The summed E-state index contributed by atoms with van der Waals surface area (Å²) in [5.41, 5.74) is 8.59. The van der Waals surface area contributed by atoms with Crippen molar-refractivity contribution in [1.29, 1.82) is 0 Å². The van der Waals surface area contributed by atoms with Gasteiger partial charge in [-0.05, 0) is 36.8 Å². The van der Waals surface area contributed by atoms with Crippen molar-refractivity contribution in [3.05, 3.63) is 33.8 Å². The number of nitrogens with two attached hydrogens (primary N) is 1. The van der Waals surface area contributed by atoms with Crippen LogP contribution in [0.3, 0.4) is 0 Å². The first-order valence-corrected chi connectivity index (χ1v) is 8.02. The second-order valence-electron chi connectivity index (χ2n) is 5.23. The first-order valence-electron chi connectivity index (χ1n) is 7.14. The Morgan fingerprint density at radius 2 is 2.30 bits per heavy atom. The lowest BCUT2D eigenvalue weighted by Gasteiger charge is -2.35. The van der Waals surface area contributed by atoms with Gasteiger partial charge in [0.15, 0.2) is 0 Å². The number of nitrogens with zero attached hydrogens (tertiary/aromatic N) is 3.